The highest BCUT2D eigenvalue weighted by molar-refractivity contribution is 5.71. The van der Waals surface area contributed by atoms with E-state index < -0.39 is 0 Å². The number of fused-ring (bicyclic) bond motifs is 3. The van der Waals surface area contributed by atoms with Crippen LogP contribution in [0.4, 0.5) is 0 Å². The lowest BCUT2D eigenvalue weighted by Crippen LogP contribution is -2.37. The number of para-hydroxylation sites is 1. The first-order valence-corrected chi connectivity index (χ1v) is 9.47. The maximum atomic E-state index is 2.44. The van der Waals surface area contributed by atoms with Crippen LogP contribution in [0.15, 0.2) is 97.1 Å². The average Bonchev–Trinajstić information content (AvgIpc) is 2.96. The van der Waals surface area contributed by atoms with Gasteiger partial charge < -0.3 is 0 Å². The normalized spacial score (nSPS) is 13.9. The Hall–Kier alpha value is -3.19. The third-order valence-corrected chi connectivity index (χ3v) is 5.70. The molecular formula is C26H22N+. The first-order valence-electron chi connectivity index (χ1n) is 9.47. The van der Waals surface area contributed by atoms with E-state index in [1.54, 1.807) is 0 Å². The van der Waals surface area contributed by atoms with Gasteiger partial charge >= 0.3 is 0 Å². The number of rotatable bonds is 2. The molecule has 0 saturated heterocycles. The van der Waals surface area contributed by atoms with Crippen LogP contribution < -0.4 is 4.57 Å². The van der Waals surface area contributed by atoms with Crippen LogP contribution in [0.3, 0.4) is 0 Å². The molecule has 0 amide bonds. The number of aromatic nitrogens is 1. The summed E-state index contributed by atoms with van der Waals surface area (Å²) in [4.78, 5) is 0. The highest BCUT2D eigenvalue weighted by Crippen LogP contribution is 2.41. The molecule has 0 unspecified atom stereocenters. The summed E-state index contributed by atoms with van der Waals surface area (Å²) in [5.74, 6) is 0. The van der Waals surface area contributed by atoms with Gasteiger partial charge in [-0.2, -0.15) is 4.57 Å². The quantitative estimate of drug-likeness (QED) is 0.395. The van der Waals surface area contributed by atoms with Crippen molar-refractivity contribution in [2.75, 3.05) is 0 Å². The lowest BCUT2D eigenvalue weighted by atomic mass is 9.82. The molecule has 0 fully saturated rings. The van der Waals surface area contributed by atoms with Gasteiger partial charge in [-0.05, 0) is 37.1 Å². The van der Waals surface area contributed by atoms with Gasteiger partial charge in [0.25, 0.3) is 0 Å². The summed E-state index contributed by atoms with van der Waals surface area (Å²) in [5, 5.41) is 0. The van der Waals surface area contributed by atoms with Gasteiger partial charge in [-0.3, -0.25) is 0 Å². The third kappa shape index (κ3) is 2.43. The van der Waals surface area contributed by atoms with Crippen molar-refractivity contribution in [3.63, 3.8) is 0 Å². The molecule has 0 N–H and O–H groups in total. The van der Waals surface area contributed by atoms with E-state index in [1.165, 1.54) is 39.3 Å². The van der Waals surface area contributed by atoms with E-state index in [-0.39, 0.29) is 5.41 Å². The fourth-order valence-electron chi connectivity index (χ4n) is 4.27. The molecule has 4 aromatic rings. The number of hydrogen-bond donors (Lipinski definition) is 0. The number of hydrogen-bond acceptors (Lipinski definition) is 0. The number of nitrogens with zero attached hydrogens (tertiary/aromatic N) is 1. The van der Waals surface area contributed by atoms with E-state index in [0.717, 1.165) is 0 Å². The summed E-state index contributed by atoms with van der Waals surface area (Å²) >= 11 is 0. The molecule has 0 aliphatic carbocycles. The van der Waals surface area contributed by atoms with Crippen molar-refractivity contribution in [2.24, 2.45) is 0 Å². The van der Waals surface area contributed by atoms with E-state index >= 15 is 0 Å². The molecule has 3 aromatic carbocycles. The lowest BCUT2D eigenvalue weighted by Gasteiger charge is -2.15. The van der Waals surface area contributed by atoms with Crippen LogP contribution in [-0.2, 0) is 5.41 Å². The third-order valence-electron chi connectivity index (χ3n) is 5.70. The van der Waals surface area contributed by atoms with Crippen molar-refractivity contribution >= 4 is 0 Å². The number of benzene rings is 3. The van der Waals surface area contributed by atoms with Crippen molar-refractivity contribution in [1.29, 1.82) is 0 Å². The average molecular weight is 348 g/mol. The summed E-state index contributed by atoms with van der Waals surface area (Å²) in [7, 11) is 0. The van der Waals surface area contributed by atoms with Gasteiger partial charge in [0.05, 0.1) is 5.41 Å². The summed E-state index contributed by atoms with van der Waals surface area (Å²) in [5.41, 5.74) is 8.97. The van der Waals surface area contributed by atoms with E-state index in [0.29, 0.717) is 0 Å². The Labute approximate surface area is 160 Å². The van der Waals surface area contributed by atoms with Crippen molar-refractivity contribution in [2.45, 2.75) is 19.3 Å². The molecule has 1 heteroatoms. The van der Waals surface area contributed by atoms with Crippen LogP contribution in [-0.4, -0.2) is 0 Å². The second-order valence-corrected chi connectivity index (χ2v) is 7.72. The smallest absolute Gasteiger partial charge is 0.156 e. The Bertz CT molecular complexity index is 1130. The minimum absolute atomic E-state index is 0.0368. The molecule has 0 bridgehead atoms. The Kier molecular flexibility index (Phi) is 3.51. The first kappa shape index (κ1) is 16.0. The van der Waals surface area contributed by atoms with Gasteiger partial charge in [0.2, 0.25) is 11.4 Å². The summed E-state index contributed by atoms with van der Waals surface area (Å²) in [6.45, 7) is 4.66. The molecule has 1 nitrogen and oxygen atoms in total. The van der Waals surface area contributed by atoms with Crippen LogP contribution in [0.2, 0.25) is 0 Å². The lowest BCUT2D eigenvalue weighted by molar-refractivity contribution is -0.588. The second-order valence-electron chi connectivity index (χ2n) is 7.72. The van der Waals surface area contributed by atoms with E-state index in [4.69, 9.17) is 0 Å². The molecule has 0 spiro atoms. The predicted octanol–water partition coefficient (Wildman–Crippen LogP) is 5.94. The zero-order valence-electron chi connectivity index (χ0n) is 15.7. The fourth-order valence-corrected chi connectivity index (χ4v) is 4.27. The molecule has 1 aromatic heterocycles. The predicted molar refractivity (Wildman–Crippen MR) is 111 cm³/mol. The Morgan fingerprint density at radius 3 is 1.89 bits per heavy atom. The summed E-state index contributed by atoms with van der Waals surface area (Å²) in [6.07, 6.45) is 0. The maximum absolute atomic E-state index is 2.44. The molecular weight excluding hydrogens is 326 g/mol. The van der Waals surface area contributed by atoms with Crippen LogP contribution in [0.25, 0.3) is 28.1 Å². The van der Waals surface area contributed by atoms with Crippen molar-refractivity contribution in [1.82, 2.24) is 0 Å². The molecule has 5 rings (SSSR count). The van der Waals surface area contributed by atoms with Crippen molar-refractivity contribution in [3.8, 4) is 28.1 Å². The molecule has 0 atom stereocenters. The van der Waals surface area contributed by atoms with E-state index in [1.807, 2.05) is 0 Å². The van der Waals surface area contributed by atoms with Gasteiger partial charge in [0.1, 0.15) is 0 Å². The standard InChI is InChI=1S/C26H22N/c1-26(2)22-15-9-10-16-23(22)27-24(20-13-7-4-8-14-20)17-21(18-25(26)27)19-11-5-3-6-12-19/h3-18H,1-2H3/q+1. The molecule has 27 heavy (non-hydrogen) atoms. The monoisotopic (exact) mass is 348 g/mol. The minimum atomic E-state index is -0.0368. The highest BCUT2D eigenvalue weighted by atomic mass is 15.0. The molecule has 2 heterocycles. The Morgan fingerprint density at radius 1 is 0.593 bits per heavy atom. The maximum Gasteiger partial charge on any atom is 0.219 e. The zero-order chi connectivity index (χ0) is 18.4. The van der Waals surface area contributed by atoms with Crippen molar-refractivity contribution in [3.05, 3.63) is 108 Å². The second kappa shape index (κ2) is 5.92. The molecule has 0 radical (unpaired) electrons. The first-order chi connectivity index (χ1) is 13.2. The molecule has 0 saturated carbocycles. The van der Waals surface area contributed by atoms with Crippen LogP contribution in [0, 0.1) is 0 Å². The van der Waals surface area contributed by atoms with Gasteiger partial charge in [-0.15, -0.1) is 0 Å². The SMILES string of the molecule is CC1(C)c2ccccc2-[n+]2c(-c3ccccc3)cc(-c3ccccc3)cc21. The zero-order valence-corrected chi connectivity index (χ0v) is 15.7. The van der Waals surface area contributed by atoms with E-state index in [2.05, 4.69) is 115 Å². The molecule has 1 aliphatic heterocycles. The minimum Gasteiger partial charge on any atom is -0.156 e. The molecule has 130 valence electrons. The van der Waals surface area contributed by atoms with Crippen molar-refractivity contribution < 1.29 is 4.57 Å². The molecule has 1 aliphatic rings. The van der Waals surface area contributed by atoms with Gasteiger partial charge in [-0.25, -0.2) is 0 Å². The highest BCUT2D eigenvalue weighted by Gasteiger charge is 2.45. The Morgan fingerprint density at radius 2 is 1.19 bits per heavy atom. The van der Waals surface area contributed by atoms with Crippen LogP contribution in [0.1, 0.15) is 25.1 Å². The van der Waals surface area contributed by atoms with Gasteiger partial charge in [0.15, 0.2) is 5.69 Å². The van der Waals surface area contributed by atoms with Gasteiger partial charge in [0, 0.05) is 29.3 Å². The van der Waals surface area contributed by atoms with Crippen LogP contribution >= 0.6 is 0 Å². The van der Waals surface area contributed by atoms with E-state index in [9.17, 15) is 0 Å². The largest absolute Gasteiger partial charge is 0.219 e. The fraction of sp³-hybridized carbons (Fsp3) is 0.115. The Balaban J connectivity index is 1.87. The van der Waals surface area contributed by atoms with Gasteiger partial charge in [-0.1, -0.05) is 66.7 Å². The summed E-state index contributed by atoms with van der Waals surface area (Å²) < 4.78 is 2.44. The van der Waals surface area contributed by atoms with Crippen LogP contribution in [0.5, 0.6) is 0 Å². The number of pyridine rings is 1. The topological polar surface area (TPSA) is 3.88 Å². The summed E-state index contributed by atoms with van der Waals surface area (Å²) in [6, 6.07) is 34.8.